The second-order valence-corrected chi connectivity index (χ2v) is 24.7. The Morgan fingerprint density at radius 2 is 0.972 bits per heavy atom. The molecule has 1 saturated carbocycles. The molecule has 0 aromatic heterocycles. The molecule has 0 heterocycles. The van der Waals surface area contributed by atoms with E-state index in [9.17, 15) is 4.79 Å². The van der Waals surface area contributed by atoms with Crippen molar-refractivity contribution in [1.29, 1.82) is 0 Å². The Kier molecular flexibility index (Phi) is 6.98. The highest BCUT2D eigenvalue weighted by molar-refractivity contribution is 6.24. The van der Waals surface area contributed by atoms with Gasteiger partial charge in [-0.1, -0.05) is 65.7 Å². The molecular formula is C68H56O3. The SMILES string of the molecule is COc1ccc(C(c2ccc(Oc3ccc(C(=O)c4ccc(C)cc4)cc3)cc2)C2c3c4c5c6c7c8c9c%10c%11c%12c(c2c%10c37)C2C3=CC7=C4C4CCC7C3CCC2C%12CCC%11C9CCC8C6CCC54)cc1. The molecule has 1 fully saturated rings. The maximum Gasteiger partial charge on any atom is 0.193 e. The summed E-state index contributed by atoms with van der Waals surface area (Å²) in [6.45, 7) is 2.05. The molecule has 0 saturated heterocycles. The molecular weight excluding hydrogens is 865 g/mol. The average Bonchev–Trinajstić information content (AvgIpc) is 4.33. The number of ether oxygens (including phenoxy) is 2. The van der Waals surface area contributed by atoms with Crippen molar-refractivity contribution in [2.45, 2.75) is 124 Å². The molecule has 7 aromatic carbocycles. The largest absolute Gasteiger partial charge is 0.497 e. The van der Waals surface area contributed by atoms with E-state index in [1.54, 1.807) is 32.8 Å². The van der Waals surface area contributed by atoms with Gasteiger partial charge in [-0.15, -0.1) is 0 Å². The van der Waals surface area contributed by atoms with Crippen LogP contribution < -0.4 is 9.47 Å². The van der Waals surface area contributed by atoms with Crippen molar-refractivity contribution >= 4 is 32.9 Å². The number of fused-ring (bicyclic) bond motifs is 4. The first-order chi connectivity index (χ1) is 35.0. The highest BCUT2D eigenvalue weighted by atomic mass is 16.5. The van der Waals surface area contributed by atoms with Crippen LogP contribution in [0.15, 0.2) is 114 Å². The number of carbonyl (C=O) groups is 1. The van der Waals surface area contributed by atoms with E-state index in [-0.39, 0.29) is 17.6 Å². The van der Waals surface area contributed by atoms with Crippen LogP contribution in [0, 0.1) is 30.6 Å². The van der Waals surface area contributed by atoms with Gasteiger partial charge in [0.1, 0.15) is 17.2 Å². The van der Waals surface area contributed by atoms with Gasteiger partial charge < -0.3 is 9.47 Å². The Balaban J connectivity index is 0.868. The maximum atomic E-state index is 13.4. The molecule has 13 atom stereocenters. The van der Waals surface area contributed by atoms with Crippen LogP contribution in [0.5, 0.6) is 17.2 Å². The molecule has 0 amide bonds. The molecule has 0 N–H and O–H groups in total. The first-order valence-corrected chi connectivity index (χ1v) is 27.8. The lowest BCUT2D eigenvalue weighted by molar-refractivity contribution is 0.103. The molecule has 0 spiro atoms. The van der Waals surface area contributed by atoms with Crippen molar-refractivity contribution in [3.05, 3.63) is 198 Å². The number of methoxy groups -OCH3 is 1. The molecule has 3 nitrogen and oxygen atoms in total. The third-order valence-corrected chi connectivity index (χ3v) is 22.5. The van der Waals surface area contributed by atoms with E-state index in [2.05, 4.69) is 54.6 Å². The lowest BCUT2D eigenvalue weighted by Gasteiger charge is -2.41. The predicted molar refractivity (Wildman–Crippen MR) is 280 cm³/mol. The van der Waals surface area contributed by atoms with Crippen molar-refractivity contribution in [1.82, 2.24) is 0 Å². The molecule has 12 aliphatic rings. The Morgan fingerprint density at radius 3 is 1.62 bits per heavy atom. The summed E-state index contributed by atoms with van der Waals surface area (Å²) in [7, 11) is 1.81. The topological polar surface area (TPSA) is 35.5 Å². The molecule has 3 heteroatoms. The molecule has 19 rings (SSSR count). The number of allylic oxidation sites excluding steroid dienone is 4. The second-order valence-electron chi connectivity index (χ2n) is 24.7. The van der Waals surface area contributed by atoms with Crippen molar-refractivity contribution < 1.29 is 14.3 Å². The number of carbonyl (C=O) groups excluding carboxylic acids is 1. The van der Waals surface area contributed by atoms with Gasteiger partial charge in [-0.25, -0.2) is 0 Å². The van der Waals surface area contributed by atoms with Crippen LogP contribution in [0.3, 0.4) is 0 Å². The molecule has 0 aliphatic heterocycles. The van der Waals surface area contributed by atoms with Crippen molar-refractivity contribution in [2.24, 2.45) is 23.7 Å². The zero-order valence-electron chi connectivity index (χ0n) is 40.6. The Bertz CT molecular complexity index is 3750. The fourth-order valence-corrected chi connectivity index (χ4v) is 20.5. The number of rotatable bonds is 8. The van der Waals surface area contributed by atoms with Crippen molar-refractivity contribution in [3.63, 3.8) is 0 Å². The predicted octanol–water partition coefficient (Wildman–Crippen LogP) is 16.4. The fourth-order valence-electron chi connectivity index (χ4n) is 20.5. The minimum absolute atomic E-state index is 0.0303. The van der Waals surface area contributed by atoms with Gasteiger partial charge in [-0.3, -0.25) is 4.79 Å². The van der Waals surface area contributed by atoms with Gasteiger partial charge in [0.25, 0.3) is 0 Å². The monoisotopic (exact) mass is 920 g/mol. The highest BCUT2D eigenvalue weighted by Gasteiger charge is 2.63. The smallest absolute Gasteiger partial charge is 0.193 e. The quantitative estimate of drug-likeness (QED) is 0.113. The number of benzene rings is 7. The normalized spacial score (nSPS) is 32.1. The summed E-state index contributed by atoms with van der Waals surface area (Å²) in [5.74, 6) is 10.4. The summed E-state index contributed by atoms with van der Waals surface area (Å²) >= 11 is 0. The van der Waals surface area contributed by atoms with Gasteiger partial charge in [0.2, 0.25) is 0 Å². The minimum Gasteiger partial charge on any atom is -0.497 e. The van der Waals surface area contributed by atoms with Crippen molar-refractivity contribution in [2.75, 3.05) is 7.11 Å². The fraction of sp³-hybridized carbons (Fsp3) is 0.368. The van der Waals surface area contributed by atoms with Crippen LogP contribution in [-0.4, -0.2) is 12.9 Å². The van der Waals surface area contributed by atoms with Gasteiger partial charge in [-0.2, -0.15) is 0 Å². The Morgan fingerprint density at radius 1 is 0.465 bits per heavy atom. The summed E-state index contributed by atoms with van der Waals surface area (Å²) in [4.78, 5) is 13.4. The van der Waals surface area contributed by atoms with Crippen molar-refractivity contribution in [3.8, 4) is 17.2 Å². The van der Waals surface area contributed by atoms with E-state index in [0.717, 1.165) is 34.6 Å². The maximum absolute atomic E-state index is 13.4. The Hall–Kier alpha value is -6.19. The summed E-state index contributed by atoms with van der Waals surface area (Å²) in [6, 6.07) is 34.1. The molecule has 0 radical (unpaired) electrons. The van der Waals surface area contributed by atoms with Crippen LogP contribution in [-0.2, 0) is 0 Å². The number of aryl methyl sites for hydroxylation is 1. The first kappa shape index (κ1) is 38.5. The zero-order chi connectivity index (χ0) is 46.0. The van der Waals surface area contributed by atoms with E-state index in [0.29, 0.717) is 64.4 Å². The van der Waals surface area contributed by atoms with E-state index in [1.165, 1.54) is 75.3 Å². The standard InChI is InChI=1S/C68H56O3/c1-30-3-5-33(6-4-30)68(69)34-11-17-37(18-12-34)71-36-15-9-32(10-16-36)50(31-7-13-35(70-2)14-8-31)59-64-60-51-40-21-19-38-39-20-22-41-43-24-26-45-47-28-27-46-44-25-23-42(40)53(60)55(44)62-57(46)58(47)63-56(45)54(43)61(65(59)67(63)66(62)64)52(41)49(39)29-48(38)51/h3-18,29,38-47,50-51,59H,19-28H2,1-2H3. The van der Waals surface area contributed by atoms with E-state index in [4.69, 9.17) is 9.47 Å². The molecule has 8 bridgehead atoms. The molecule has 7 aromatic rings. The van der Waals surface area contributed by atoms with Gasteiger partial charge in [0, 0.05) is 28.9 Å². The van der Waals surface area contributed by atoms with Crippen LogP contribution >= 0.6 is 0 Å². The summed E-state index contributed by atoms with van der Waals surface area (Å²) < 4.78 is 12.5. The van der Waals surface area contributed by atoms with Gasteiger partial charge in [0.15, 0.2) is 5.78 Å². The average molecular weight is 921 g/mol. The summed E-state index contributed by atoms with van der Waals surface area (Å²) in [5.41, 5.74) is 29.3. The number of ketones is 1. The van der Waals surface area contributed by atoms with E-state index < -0.39 is 0 Å². The van der Waals surface area contributed by atoms with Gasteiger partial charge in [-0.05, 0) is 278 Å². The van der Waals surface area contributed by atoms with Crippen LogP contribution in [0.4, 0.5) is 0 Å². The Labute approximate surface area is 415 Å². The lowest BCUT2D eigenvalue weighted by atomic mass is 9.63. The highest BCUT2D eigenvalue weighted by Crippen LogP contribution is 2.79. The minimum atomic E-state index is 0.0303. The number of hydrogen-bond donors (Lipinski definition) is 0. The molecule has 13 unspecified atom stereocenters. The molecule has 346 valence electrons. The van der Waals surface area contributed by atoms with Crippen LogP contribution in [0.2, 0.25) is 0 Å². The first-order valence-electron chi connectivity index (χ1n) is 27.8. The third-order valence-electron chi connectivity index (χ3n) is 22.5. The van der Waals surface area contributed by atoms with Crippen LogP contribution in [0.1, 0.15) is 206 Å². The van der Waals surface area contributed by atoms with E-state index >= 15 is 0 Å². The summed E-state index contributed by atoms with van der Waals surface area (Å²) in [6.07, 6.45) is 16.9. The third kappa shape index (κ3) is 4.35. The van der Waals surface area contributed by atoms with Gasteiger partial charge in [0.05, 0.1) is 7.11 Å². The van der Waals surface area contributed by atoms with E-state index in [1.807, 2.05) is 124 Å². The number of hydrogen-bond acceptors (Lipinski definition) is 3. The zero-order valence-corrected chi connectivity index (χ0v) is 40.6. The molecule has 71 heavy (non-hydrogen) atoms. The van der Waals surface area contributed by atoms with Gasteiger partial charge >= 0.3 is 0 Å². The van der Waals surface area contributed by atoms with Crippen LogP contribution in [0.25, 0.3) is 27.1 Å². The summed E-state index contributed by atoms with van der Waals surface area (Å²) in [5, 5.41) is 7.12. The molecule has 12 aliphatic carbocycles. The lowest BCUT2D eigenvalue weighted by Crippen LogP contribution is -2.29. The second kappa shape index (κ2) is 12.9.